The number of hydrogen-bond acceptors (Lipinski definition) is 2. The second kappa shape index (κ2) is 5.52. The molecule has 0 saturated heterocycles. The van der Waals surface area contributed by atoms with E-state index in [-0.39, 0.29) is 23.2 Å². The average molecular weight is 278 g/mol. The number of benzene rings is 1. The molecule has 1 amide bonds. The number of carbonyl (C=O) groups excluding carboxylic acids is 1. The molecule has 1 atom stereocenters. The van der Waals surface area contributed by atoms with Gasteiger partial charge >= 0.3 is 0 Å². The first-order valence-electron chi connectivity index (χ1n) is 7.09. The molecule has 1 fully saturated rings. The molecule has 0 unspecified atom stereocenters. The minimum Gasteiger partial charge on any atom is -0.334 e. The zero-order valence-corrected chi connectivity index (χ0v) is 12.4. The van der Waals surface area contributed by atoms with Crippen molar-refractivity contribution in [3.05, 3.63) is 35.6 Å². The van der Waals surface area contributed by atoms with Crippen LogP contribution in [0.4, 0.5) is 4.39 Å². The van der Waals surface area contributed by atoms with Gasteiger partial charge in [0.15, 0.2) is 0 Å². The third kappa shape index (κ3) is 3.57. The number of nitrogens with two attached hydrogens (primary N) is 1. The topological polar surface area (TPSA) is 46.3 Å². The summed E-state index contributed by atoms with van der Waals surface area (Å²) in [5.74, 6) is -0.310. The zero-order valence-electron chi connectivity index (χ0n) is 12.4. The van der Waals surface area contributed by atoms with Gasteiger partial charge in [0.25, 0.3) is 0 Å². The van der Waals surface area contributed by atoms with Crippen LogP contribution in [-0.4, -0.2) is 22.9 Å². The molecule has 1 aliphatic carbocycles. The standard InChI is InChI=1S/C16H23FN2O/c1-16(2,3)14(18)15(20)19(13-7-8-13)10-11-5-4-6-12(17)9-11/h4-6,9,13-14H,7-8,10,18H2,1-3H3/t14-/m1/s1. The smallest absolute Gasteiger partial charge is 0.240 e. The Balaban J connectivity index is 2.14. The zero-order chi connectivity index (χ0) is 14.9. The molecular weight excluding hydrogens is 255 g/mol. The van der Waals surface area contributed by atoms with Crippen LogP contribution in [0.2, 0.25) is 0 Å². The minimum atomic E-state index is -0.531. The fourth-order valence-electron chi connectivity index (χ4n) is 2.15. The van der Waals surface area contributed by atoms with Gasteiger partial charge in [-0.1, -0.05) is 32.9 Å². The summed E-state index contributed by atoms with van der Waals surface area (Å²) in [5, 5.41) is 0. The molecule has 1 aliphatic rings. The molecule has 110 valence electrons. The first-order chi connectivity index (χ1) is 9.29. The molecule has 0 aromatic heterocycles. The van der Waals surface area contributed by atoms with Crippen molar-refractivity contribution in [3.8, 4) is 0 Å². The Bertz CT molecular complexity index is 491. The monoisotopic (exact) mass is 278 g/mol. The number of carbonyl (C=O) groups is 1. The highest BCUT2D eigenvalue weighted by atomic mass is 19.1. The van der Waals surface area contributed by atoms with Crippen molar-refractivity contribution in [3.63, 3.8) is 0 Å². The molecule has 4 heteroatoms. The molecule has 20 heavy (non-hydrogen) atoms. The van der Waals surface area contributed by atoms with E-state index in [1.807, 2.05) is 31.7 Å². The van der Waals surface area contributed by atoms with Gasteiger partial charge in [-0.3, -0.25) is 4.79 Å². The summed E-state index contributed by atoms with van der Waals surface area (Å²) in [4.78, 5) is 14.4. The van der Waals surface area contributed by atoms with Crippen molar-refractivity contribution < 1.29 is 9.18 Å². The van der Waals surface area contributed by atoms with Crippen molar-refractivity contribution in [1.82, 2.24) is 4.90 Å². The fraction of sp³-hybridized carbons (Fsp3) is 0.562. The predicted octanol–water partition coefficient (Wildman–Crippen LogP) is 2.69. The molecule has 2 N–H and O–H groups in total. The average Bonchev–Trinajstić information content (AvgIpc) is 3.17. The van der Waals surface area contributed by atoms with Gasteiger partial charge in [0.05, 0.1) is 6.04 Å². The van der Waals surface area contributed by atoms with Crippen LogP contribution in [0.25, 0.3) is 0 Å². The van der Waals surface area contributed by atoms with E-state index in [1.165, 1.54) is 12.1 Å². The van der Waals surface area contributed by atoms with Crippen molar-refractivity contribution in [2.45, 2.75) is 52.2 Å². The first-order valence-corrected chi connectivity index (χ1v) is 7.09. The molecule has 0 bridgehead atoms. The van der Waals surface area contributed by atoms with Crippen molar-refractivity contribution in [1.29, 1.82) is 0 Å². The molecular formula is C16H23FN2O. The number of hydrogen-bond donors (Lipinski definition) is 1. The van der Waals surface area contributed by atoms with Crippen LogP contribution in [0.1, 0.15) is 39.2 Å². The van der Waals surface area contributed by atoms with Gasteiger partial charge in [0.2, 0.25) is 5.91 Å². The summed E-state index contributed by atoms with van der Waals surface area (Å²) in [6.07, 6.45) is 2.02. The van der Waals surface area contributed by atoms with E-state index in [0.717, 1.165) is 18.4 Å². The molecule has 1 aromatic carbocycles. The molecule has 1 aromatic rings. The Morgan fingerprint density at radius 1 is 1.45 bits per heavy atom. The van der Waals surface area contributed by atoms with Crippen LogP contribution in [0.3, 0.4) is 0 Å². The van der Waals surface area contributed by atoms with E-state index in [0.29, 0.717) is 6.54 Å². The molecule has 0 heterocycles. The van der Waals surface area contributed by atoms with Crippen molar-refractivity contribution >= 4 is 5.91 Å². The second-order valence-corrected chi connectivity index (χ2v) is 6.67. The maximum absolute atomic E-state index is 13.3. The van der Waals surface area contributed by atoms with Gasteiger partial charge in [-0.25, -0.2) is 4.39 Å². The van der Waals surface area contributed by atoms with E-state index < -0.39 is 6.04 Å². The Morgan fingerprint density at radius 3 is 2.60 bits per heavy atom. The highest BCUT2D eigenvalue weighted by Crippen LogP contribution is 2.31. The highest BCUT2D eigenvalue weighted by Gasteiger charge is 2.38. The molecule has 0 aliphatic heterocycles. The van der Waals surface area contributed by atoms with E-state index in [1.54, 1.807) is 6.07 Å². The summed E-state index contributed by atoms with van der Waals surface area (Å²) >= 11 is 0. The Hall–Kier alpha value is -1.42. The van der Waals surface area contributed by atoms with E-state index in [9.17, 15) is 9.18 Å². The van der Waals surface area contributed by atoms with Crippen molar-refractivity contribution in [2.24, 2.45) is 11.1 Å². The van der Waals surface area contributed by atoms with E-state index in [4.69, 9.17) is 5.73 Å². The van der Waals surface area contributed by atoms with Crippen molar-refractivity contribution in [2.75, 3.05) is 0 Å². The lowest BCUT2D eigenvalue weighted by Gasteiger charge is -2.32. The maximum Gasteiger partial charge on any atom is 0.240 e. The summed E-state index contributed by atoms with van der Waals surface area (Å²) in [5.41, 5.74) is 6.62. The lowest BCUT2D eigenvalue weighted by molar-refractivity contribution is -0.136. The van der Waals surface area contributed by atoms with Gasteiger partial charge in [0.1, 0.15) is 5.82 Å². The summed E-state index contributed by atoms with van der Waals surface area (Å²) in [6, 6.07) is 6.13. The summed E-state index contributed by atoms with van der Waals surface area (Å²) < 4.78 is 13.3. The lowest BCUT2D eigenvalue weighted by atomic mass is 9.86. The summed E-state index contributed by atoms with van der Waals surface area (Å²) in [7, 11) is 0. The Kier molecular flexibility index (Phi) is 4.14. The Morgan fingerprint density at radius 2 is 2.10 bits per heavy atom. The molecule has 0 spiro atoms. The number of amides is 1. The van der Waals surface area contributed by atoms with Crippen LogP contribution in [0, 0.1) is 11.2 Å². The SMILES string of the molecule is CC(C)(C)[C@H](N)C(=O)N(Cc1cccc(F)c1)C1CC1. The number of nitrogens with zero attached hydrogens (tertiary/aromatic N) is 1. The third-order valence-corrected chi connectivity index (χ3v) is 3.71. The van der Waals surface area contributed by atoms with Gasteiger partial charge < -0.3 is 10.6 Å². The van der Waals surface area contributed by atoms with Crippen LogP contribution in [-0.2, 0) is 11.3 Å². The van der Waals surface area contributed by atoms with Crippen LogP contribution >= 0.6 is 0 Å². The quantitative estimate of drug-likeness (QED) is 0.920. The minimum absolute atomic E-state index is 0.0377. The first kappa shape index (κ1) is 15.0. The summed E-state index contributed by atoms with van der Waals surface area (Å²) in [6.45, 7) is 6.32. The van der Waals surface area contributed by atoms with E-state index >= 15 is 0 Å². The highest BCUT2D eigenvalue weighted by molar-refractivity contribution is 5.83. The largest absolute Gasteiger partial charge is 0.334 e. The number of halogens is 1. The van der Waals surface area contributed by atoms with Gasteiger partial charge in [-0.15, -0.1) is 0 Å². The van der Waals surface area contributed by atoms with E-state index in [2.05, 4.69) is 0 Å². The molecule has 3 nitrogen and oxygen atoms in total. The molecule has 0 radical (unpaired) electrons. The third-order valence-electron chi connectivity index (χ3n) is 3.71. The normalized spacial score (nSPS) is 16.9. The molecule has 2 rings (SSSR count). The van der Waals surface area contributed by atoms with Gasteiger partial charge in [-0.05, 0) is 36.0 Å². The van der Waals surface area contributed by atoms with Gasteiger partial charge in [0, 0.05) is 12.6 Å². The van der Waals surface area contributed by atoms with Crippen LogP contribution in [0.15, 0.2) is 24.3 Å². The fourth-order valence-corrected chi connectivity index (χ4v) is 2.15. The Labute approximate surface area is 120 Å². The van der Waals surface area contributed by atoms with Crippen LogP contribution in [0.5, 0.6) is 0 Å². The predicted molar refractivity (Wildman–Crippen MR) is 77.4 cm³/mol. The van der Waals surface area contributed by atoms with Crippen LogP contribution < -0.4 is 5.73 Å². The van der Waals surface area contributed by atoms with Gasteiger partial charge in [-0.2, -0.15) is 0 Å². The molecule has 1 saturated carbocycles. The lowest BCUT2D eigenvalue weighted by Crippen LogP contribution is -2.50. The number of rotatable bonds is 4. The maximum atomic E-state index is 13.3. The second-order valence-electron chi connectivity index (χ2n) is 6.67.